The van der Waals surface area contributed by atoms with Crippen LogP contribution in [0.25, 0.3) is 0 Å². The van der Waals surface area contributed by atoms with E-state index >= 15 is 0 Å². The van der Waals surface area contributed by atoms with Crippen LogP contribution in [0.1, 0.15) is 18.4 Å². The standard InChI is InChI=1S/C11H13NO2/c1-12-10(13)7-8-11(12,14)9-5-3-2-4-6-9/h2-6,14H,7-8H2,1H3/t11-/m1/s1. The second-order valence-corrected chi connectivity index (χ2v) is 3.64. The Hall–Kier alpha value is -1.35. The third-order valence-electron chi connectivity index (χ3n) is 2.85. The molecule has 1 saturated heterocycles. The highest BCUT2D eigenvalue weighted by molar-refractivity contribution is 5.79. The van der Waals surface area contributed by atoms with E-state index in [0.29, 0.717) is 12.8 Å². The fourth-order valence-electron chi connectivity index (χ4n) is 1.87. The summed E-state index contributed by atoms with van der Waals surface area (Å²) in [6.45, 7) is 0. The molecule has 1 N–H and O–H groups in total. The molecule has 0 saturated carbocycles. The summed E-state index contributed by atoms with van der Waals surface area (Å²) in [6.07, 6.45) is 0.897. The molecule has 1 amide bonds. The van der Waals surface area contributed by atoms with Gasteiger partial charge in [-0.2, -0.15) is 0 Å². The van der Waals surface area contributed by atoms with Gasteiger partial charge in [-0.05, 0) is 0 Å². The van der Waals surface area contributed by atoms with E-state index in [1.54, 1.807) is 7.05 Å². The van der Waals surface area contributed by atoms with Crippen molar-refractivity contribution >= 4 is 5.91 Å². The number of rotatable bonds is 1. The monoisotopic (exact) mass is 191 g/mol. The van der Waals surface area contributed by atoms with E-state index in [9.17, 15) is 9.90 Å². The molecule has 3 heteroatoms. The van der Waals surface area contributed by atoms with Crippen molar-refractivity contribution in [1.82, 2.24) is 4.90 Å². The lowest BCUT2D eigenvalue weighted by Crippen LogP contribution is -2.40. The number of amides is 1. The molecule has 1 fully saturated rings. The number of likely N-dealkylation sites (tertiary alicyclic amines) is 1. The van der Waals surface area contributed by atoms with E-state index in [1.165, 1.54) is 4.90 Å². The molecular formula is C11H13NO2. The Morgan fingerprint density at radius 1 is 1.36 bits per heavy atom. The van der Waals surface area contributed by atoms with Crippen molar-refractivity contribution < 1.29 is 9.90 Å². The fourth-order valence-corrected chi connectivity index (χ4v) is 1.87. The lowest BCUT2D eigenvalue weighted by atomic mass is 10.0. The maximum Gasteiger partial charge on any atom is 0.225 e. The molecule has 1 aromatic rings. The lowest BCUT2D eigenvalue weighted by molar-refractivity contribution is -0.142. The summed E-state index contributed by atoms with van der Waals surface area (Å²) in [5.41, 5.74) is -0.313. The molecule has 1 aromatic carbocycles. The third kappa shape index (κ3) is 1.21. The van der Waals surface area contributed by atoms with Gasteiger partial charge in [-0.3, -0.25) is 4.79 Å². The molecule has 74 valence electrons. The van der Waals surface area contributed by atoms with E-state index in [4.69, 9.17) is 0 Å². The van der Waals surface area contributed by atoms with E-state index in [-0.39, 0.29) is 5.91 Å². The normalized spacial score (nSPS) is 27.0. The molecule has 0 aromatic heterocycles. The van der Waals surface area contributed by atoms with Crippen LogP contribution in [0.4, 0.5) is 0 Å². The number of nitrogens with zero attached hydrogens (tertiary/aromatic N) is 1. The van der Waals surface area contributed by atoms with Gasteiger partial charge >= 0.3 is 0 Å². The highest BCUT2D eigenvalue weighted by Crippen LogP contribution is 2.35. The quantitative estimate of drug-likeness (QED) is 0.721. The van der Waals surface area contributed by atoms with E-state index < -0.39 is 5.72 Å². The van der Waals surface area contributed by atoms with Crippen LogP contribution in [0.3, 0.4) is 0 Å². The van der Waals surface area contributed by atoms with Crippen LogP contribution in [-0.4, -0.2) is 23.0 Å². The topological polar surface area (TPSA) is 40.5 Å². The van der Waals surface area contributed by atoms with Gasteiger partial charge in [0.15, 0.2) is 5.72 Å². The van der Waals surface area contributed by atoms with Crippen LogP contribution in [0.15, 0.2) is 30.3 Å². The molecule has 1 heterocycles. The van der Waals surface area contributed by atoms with Crippen molar-refractivity contribution in [1.29, 1.82) is 0 Å². The maximum atomic E-state index is 11.3. The summed E-state index contributed by atoms with van der Waals surface area (Å²) in [4.78, 5) is 12.7. The van der Waals surface area contributed by atoms with Crippen LogP contribution < -0.4 is 0 Å². The molecular weight excluding hydrogens is 178 g/mol. The fraction of sp³-hybridized carbons (Fsp3) is 0.364. The van der Waals surface area contributed by atoms with Crippen LogP contribution in [0.2, 0.25) is 0 Å². The van der Waals surface area contributed by atoms with Gasteiger partial charge < -0.3 is 10.0 Å². The average molecular weight is 191 g/mol. The molecule has 0 aliphatic carbocycles. The Morgan fingerprint density at radius 3 is 2.50 bits per heavy atom. The lowest BCUT2D eigenvalue weighted by Gasteiger charge is -2.30. The minimum Gasteiger partial charge on any atom is -0.367 e. The molecule has 0 bridgehead atoms. The molecule has 3 nitrogen and oxygen atoms in total. The van der Waals surface area contributed by atoms with Crippen LogP contribution in [0, 0.1) is 0 Å². The molecule has 2 rings (SSSR count). The van der Waals surface area contributed by atoms with Crippen LogP contribution >= 0.6 is 0 Å². The Labute approximate surface area is 83.0 Å². The first-order chi connectivity index (χ1) is 6.64. The number of hydrogen-bond donors (Lipinski definition) is 1. The van der Waals surface area contributed by atoms with Crippen molar-refractivity contribution in [2.45, 2.75) is 18.6 Å². The van der Waals surface area contributed by atoms with E-state index in [1.807, 2.05) is 30.3 Å². The zero-order chi connectivity index (χ0) is 10.2. The molecule has 0 radical (unpaired) electrons. The number of hydrogen-bond acceptors (Lipinski definition) is 2. The molecule has 0 spiro atoms. The van der Waals surface area contributed by atoms with Gasteiger partial charge in [0.05, 0.1) is 0 Å². The first kappa shape index (κ1) is 9.21. The number of benzene rings is 1. The third-order valence-corrected chi connectivity index (χ3v) is 2.85. The van der Waals surface area contributed by atoms with Crippen LogP contribution in [-0.2, 0) is 10.5 Å². The van der Waals surface area contributed by atoms with Gasteiger partial charge in [0, 0.05) is 25.5 Å². The van der Waals surface area contributed by atoms with Crippen molar-refractivity contribution in [3.05, 3.63) is 35.9 Å². The predicted octanol–water partition coefficient (Wildman–Crippen LogP) is 1.08. The van der Waals surface area contributed by atoms with Gasteiger partial charge in [-0.1, -0.05) is 30.3 Å². The van der Waals surface area contributed by atoms with Crippen molar-refractivity contribution in [3.8, 4) is 0 Å². The molecule has 1 atom stereocenters. The maximum absolute atomic E-state index is 11.3. The molecule has 1 aliphatic heterocycles. The zero-order valence-electron chi connectivity index (χ0n) is 8.10. The molecule has 14 heavy (non-hydrogen) atoms. The number of carbonyl (C=O) groups excluding carboxylic acids is 1. The average Bonchev–Trinajstić information content (AvgIpc) is 2.49. The Balaban J connectivity index is 2.39. The Morgan fingerprint density at radius 2 is 2.00 bits per heavy atom. The first-order valence-corrected chi connectivity index (χ1v) is 4.69. The van der Waals surface area contributed by atoms with Gasteiger partial charge in [0.1, 0.15) is 0 Å². The summed E-state index contributed by atoms with van der Waals surface area (Å²) < 4.78 is 0. The minimum atomic E-state index is -1.10. The minimum absolute atomic E-state index is 0.00338. The summed E-state index contributed by atoms with van der Waals surface area (Å²) in [7, 11) is 1.64. The summed E-state index contributed by atoms with van der Waals surface area (Å²) in [6, 6.07) is 9.31. The van der Waals surface area contributed by atoms with Crippen LogP contribution in [0.5, 0.6) is 0 Å². The number of aliphatic hydroxyl groups is 1. The van der Waals surface area contributed by atoms with Gasteiger partial charge in [0.25, 0.3) is 0 Å². The van der Waals surface area contributed by atoms with E-state index in [2.05, 4.69) is 0 Å². The van der Waals surface area contributed by atoms with Crippen molar-refractivity contribution in [2.24, 2.45) is 0 Å². The first-order valence-electron chi connectivity index (χ1n) is 4.69. The van der Waals surface area contributed by atoms with E-state index in [0.717, 1.165) is 5.56 Å². The molecule has 0 unspecified atom stereocenters. The molecule has 1 aliphatic rings. The Bertz CT molecular complexity index is 350. The SMILES string of the molecule is CN1C(=O)CC[C@@]1(O)c1ccccc1. The highest BCUT2D eigenvalue weighted by Gasteiger charge is 2.42. The number of carbonyl (C=O) groups is 1. The highest BCUT2D eigenvalue weighted by atomic mass is 16.3. The zero-order valence-corrected chi connectivity index (χ0v) is 8.10. The summed E-state index contributed by atoms with van der Waals surface area (Å²) >= 11 is 0. The van der Waals surface area contributed by atoms with Crippen molar-refractivity contribution in [3.63, 3.8) is 0 Å². The van der Waals surface area contributed by atoms with Crippen molar-refractivity contribution in [2.75, 3.05) is 7.05 Å². The predicted molar refractivity (Wildman–Crippen MR) is 52.3 cm³/mol. The summed E-state index contributed by atoms with van der Waals surface area (Å²) in [5.74, 6) is -0.00338. The second-order valence-electron chi connectivity index (χ2n) is 3.64. The Kier molecular flexibility index (Phi) is 2.04. The van der Waals surface area contributed by atoms with Gasteiger partial charge in [0.2, 0.25) is 5.91 Å². The summed E-state index contributed by atoms with van der Waals surface area (Å²) in [5, 5.41) is 10.3. The smallest absolute Gasteiger partial charge is 0.225 e. The van der Waals surface area contributed by atoms with Gasteiger partial charge in [-0.25, -0.2) is 0 Å². The largest absolute Gasteiger partial charge is 0.367 e. The second kappa shape index (κ2) is 3.10. The van der Waals surface area contributed by atoms with Gasteiger partial charge in [-0.15, -0.1) is 0 Å².